The number of H-pyrrole nitrogens is 1. The molecule has 0 amide bonds. The van der Waals surface area contributed by atoms with Crippen molar-refractivity contribution in [2.75, 3.05) is 7.05 Å². The highest BCUT2D eigenvalue weighted by molar-refractivity contribution is 9.10. The number of nitrogens with one attached hydrogen (secondary N) is 2. The zero-order chi connectivity index (χ0) is 12.6. The third kappa shape index (κ3) is 2.26. The quantitative estimate of drug-likeness (QED) is 0.866. The molecule has 0 aliphatic heterocycles. The second kappa shape index (κ2) is 4.83. The van der Waals surface area contributed by atoms with E-state index in [9.17, 15) is 0 Å². The predicted molar refractivity (Wildman–Crippen MR) is 77.6 cm³/mol. The summed E-state index contributed by atoms with van der Waals surface area (Å²) in [5, 5.41) is 4.53. The van der Waals surface area contributed by atoms with E-state index < -0.39 is 0 Å². The van der Waals surface area contributed by atoms with Crippen LogP contribution < -0.4 is 5.32 Å². The highest BCUT2D eigenvalue weighted by atomic mass is 79.9. The maximum absolute atomic E-state index is 3.71. The van der Waals surface area contributed by atoms with Crippen molar-refractivity contribution in [2.45, 2.75) is 32.7 Å². The van der Waals surface area contributed by atoms with Crippen LogP contribution in [0.3, 0.4) is 0 Å². The molecule has 1 aromatic carbocycles. The number of halogens is 1. The Morgan fingerprint density at radius 3 is 2.53 bits per heavy atom. The number of rotatable bonds is 3. The van der Waals surface area contributed by atoms with Gasteiger partial charge in [0, 0.05) is 27.1 Å². The molecule has 0 fully saturated rings. The van der Waals surface area contributed by atoms with Gasteiger partial charge in [0.15, 0.2) is 0 Å². The lowest BCUT2D eigenvalue weighted by atomic mass is 10.0. The maximum Gasteiger partial charge on any atom is 0.0477 e. The topological polar surface area (TPSA) is 27.8 Å². The van der Waals surface area contributed by atoms with Crippen molar-refractivity contribution in [3.63, 3.8) is 0 Å². The van der Waals surface area contributed by atoms with Crippen molar-refractivity contribution >= 4 is 26.8 Å². The minimum Gasteiger partial charge on any atom is -0.356 e. The van der Waals surface area contributed by atoms with Crippen molar-refractivity contribution < 1.29 is 0 Å². The van der Waals surface area contributed by atoms with Crippen LogP contribution in [0.25, 0.3) is 10.9 Å². The Balaban J connectivity index is 2.58. The van der Waals surface area contributed by atoms with Gasteiger partial charge < -0.3 is 10.3 Å². The standard InChI is InChI=1S/C14H19BrN2/c1-8(2)10-5-6-12-11(7-10)13(15)14(17-12)9(3)16-4/h5-9,16-17H,1-4H3. The number of aromatic nitrogens is 1. The van der Waals surface area contributed by atoms with Gasteiger partial charge >= 0.3 is 0 Å². The van der Waals surface area contributed by atoms with Crippen LogP contribution in [-0.4, -0.2) is 12.0 Å². The molecule has 0 aliphatic rings. The summed E-state index contributed by atoms with van der Waals surface area (Å²) in [4.78, 5) is 3.47. The minimum atomic E-state index is 0.319. The van der Waals surface area contributed by atoms with Gasteiger partial charge in [-0.05, 0) is 53.5 Å². The van der Waals surface area contributed by atoms with Gasteiger partial charge in [-0.3, -0.25) is 0 Å². The molecule has 1 unspecified atom stereocenters. The van der Waals surface area contributed by atoms with E-state index >= 15 is 0 Å². The van der Waals surface area contributed by atoms with Gasteiger partial charge in [0.05, 0.1) is 0 Å². The smallest absolute Gasteiger partial charge is 0.0477 e. The molecule has 17 heavy (non-hydrogen) atoms. The van der Waals surface area contributed by atoms with Crippen LogP contribution in [-0.2, 0) is 0 Å². The van der Waals surface area contributed by atoms with Crippen molar-refractivity contribution in [1.82, 2.24) is 10.3 Å². The summed E-state index contributed by atoms with van der Waals surface area (Å²) in [6, 6.07) is 6.96. The van der Waals surface area contributed by atoms with Gasteiger partial charge in [-0.1, -0.05) is 19.9 Å². The summed E-state index contributed by atoms with van der Waals surface area (Å²) in [6.07, 6.45) is 0. The van der Waals surface area contributed by atoms with E-state index in [1.807, 2.05) is 7.05 Å². The normalized spacial score (nSPS) is 13.5. The van der Waals surface area contributed by atoms with Crippen LogP contribution >= 0.6 is 15.9 Å². The van der Waals surface area contributed by atoms with Gasteiger partial charge in [-0.25, -0.2) is 0 Å². The highest BCUT2D eigenvalue weighted by Gasteiger charge is 2.14. The van der Waals surface area contributed by atoms with Crippen molar-refractivity contribution in [1.29, 1.82) is 0 Å². The molecule has 1 heterocycles. The molecule has 2 rings (SSSR count). The Bertz CT molecular complexity index is 528. The second-order valence-electron chi connectivity index (χ2n) is 4.82. The molecule has 1 aromatic heterocycles. The van der Waals surface area contributed by atoms with E-state index in [0.717, 1.165) is 0 Å². The summed E-state index contributed by atoms with van der Waals surface area (Å²) in [6.45, 7) is 6.59. The third-order valence-corrected chi connectivity index (χ3v) is 4.17. The first-order valence-corrected chi connectivity index (χ1v) is 6.82. The van der Waals surface area contributed by atoms with Gasteiger partial charge in [-0.2, -0.15) is 0 Å². The molecule has 1 atom stereocenters. The minimum absolute atomic E-state index is 0.319. The fourth-order valence-corrected chi connectivity index (χ4v) is 2.77. The Labute approximate surface area is 111 Å². The van der Waals surface area contributed by atoms with Crippen LogP contribution in [0.4, 0.5) is 0 Å². The third-order valence-electron chi connectivity index (χ3n) is 3.32. The Morgan fingerprint density at radius 1 is 1.24 bits per heavy atom. The first-order valence-electron chi connectivity index (χ1n) is 6.03. The van der Waals surface area contributed by atoms with E-state index in [4.69, 9.17) is 0 Å². The van der Waals surface area contributed by atoms with E-state index in [-0.39, 0.29) is 0 Å². The zero-order valence-corrected chi connectivity index (χ0v) is 12.4. The molecule has 92 valence electrons. The summed E-state index contributed by atoms with van der Waals surface area (Å²) in [5.74, 6) is 0.561. The van der Waals surface area contributed by atoms with Crippen LogP contribution in [0.15, 0.2) is 22.7 Å². The monoisotopic (exact) mass is 294 g/mol. The Hall–Kier alpha value is -0.800. The summed E-state index contributed by atoms with van der Waals surface area (Å²) in [7, 11) is 1.97. The van der Waals surface area contributed by atoms with E-state index in [1.54, 1.807) is 0 Å². The zero-order valence-electron chi connectivity index (χ0n) is 10.8. The largest absolute Gasteiger partial charge is 0.356 e. The van der Waals surface area contributed by atoms with Crippen molar-refractivity contribution in [3.8, 4) is 0 Å². The first kappa shape index (κ1) is 12.7. The molecule has 0 aliphatic carbocycles. The number of fused-ring (bicyclic) bond motifs is 1. The predicted octanol–water partition coefficient (Wildman–Crippen LogP) is 4.33. The lowest BCUT2D eigenvalue weighted by Crippen LogP contribution is -2.12. The Morgan fingerprint density at radius 2 is 1.94 bits per heavy atom. The number of aromatic amines is 1. The molecule has 0 saturated heterocycles. The maximum atomic E-state index is 3.71. The van der Waals surface area contributed by atoms with Crippen LogP contribution in [0.2, 0.25) is 0 Å². The number of hydrogen-bond acceptors (Lipinski definition) is 1. The lowest BCUT2D eigenvalue weighted by Gasteiger charge is -2.08. The molecule has 2 nitrogen and oxygen atoms in total. The first-order chi connectivity index (χ1) is 8.04. The van der Waals surface area contributed by atoms with Gasteiger partial charge in [0.2, 0.25) is 0 Å². The summed E-state index contributed by atoms with van der Waals surface area (Å²) in [5.41, 5.74) is 3.78. The van der Waals surface area contributed by atoms with Crippen LogP contribution in [0, 0.1) is 0 Å². The number of benzene rings is 1. The molecule has 0 bridgehead atoms. The Kier molecular flexibility index (Phi) is 3.59. The molecular formula is C14H19BrN2. The average molecular weight is 295 g/mol. The highest BCUT2D eigenvalue weighted by Crippen LogP contribution is 2.33. The lowest BCUT2D eigenvalue weighted by molar-refractivity contribution is 0.635. The van der Waals surface area contributed by atoms with E-state index in [1.165, 1.54) is 26.6 Å². The molecule has 0 saturated carbocycles. The molecule has 0 spiro atoms. The van der Waals surface area contributed by atoms with Crippen molar-refractivity contribution in [2.24, 2.45) is 0 Å². The molecule has 2 aromatic rings. The number of hydrogen-bond donors (Lipinski definition) is 2. The molecule has 0 radical (unpaired) electrons. The van der Waals surface area contributed by atoms with Gasteiger partial charge in [0.25, 0.3) is 0 Å². The summed E-state index contributed by atoms with van der Waals surface area (Å²) < 4.78 is 1.18. The molecule has 2 N–H and O–H groups in total. The van der Waals surface area contributed by atoms with Gasteiger partial charge in [0.1, 0.15) is 0 Å². The van der Waals surface area contributed by atoms with Crippen molar-refractivity contribution in [3.05, 3.63) is 33.9 Å². The van der Waals surface area contributed by atoms with E-state index in [0.29, 0.717) is 12.0 Å². The molecule has 3 heteroatoms. The average Bonchev–Trinajstić information content (AvgIpc) is 2.65. The SMILES string of the molecule is CNC(C)c1[nH]c2ccc(C(C)C)cc2c1Br. The molecular weight excluding hydrogens is 276 g/mol. The van der Waals surface area contributed by atoms with Crippen LogP contribution in [0.5, 0.6) is 0 Å². The summed E-state index contributed by atoms with van der Waals surface area (Å²) >= 11 is 3.71. The second-order valence-corrected chi connectivity index (χ2v) is 5.62. The fraction of sp³-hybridized carbons (Fsp3) is 0.429. The van der Waals surface area contributed by atoms with Gasteiger partial charge in [-0.15, -0.1) is 0 Å². The van der Waals surface area contributed by atoms with Crippen LogP contribution in [0.1, 0.15) is 44.0 Å². The fourth-order valence-electron chi connectivity index (χ4n) is 2.00. The van der Waals surface area contributed by atoms with E-state index in [2.05, 4.69) is 65.2 Å².